The van der Waals surface area contributed by atoms with Gasteiger partial charge in [0.15, 0.2) is 0 Å². The lowest BCUT2D eigenvalue weighted by molar-refractivity contribution is -0.130. The van der Waals surface area contributed by atoms with Crippen LogP contribution in [0, 0.1) is 23.2 Å². The predicted octanol–water partition coefficient (Wildman–Crippen LogP) is 7.23. The van der Waals surface area contributed by atoms with Gasteiger partial charge in [-0.05, 0) is 97.6 Å². The molecule has 1 aliphatic heterocycles. The van der Waals surface area contributed by atoms with E-state index in [0.29, 0.717) is 38.4 Å². The summed E-state index contributed by atoms with van der Waals surface area (Å²) in [6.45, 7) is 4.10. The van der Waals surface area contributed by atoms with Crippen molar-refractivity contribution in [1.82, 2.24) is 10.6 Å². The number of hydrogen-bond acceptors (Lipinski definition) is 6. The molecule has 1 amide bonds. The Morgan fingerprint density at radius 2 is 1.20 bits per heavy atom. The molecule has 8 rings (SSSR count). The van der Waals surface area contributed by atoms with Gasteiger partial charge in [0.1, 0.15) is 18.2 Å². The van der Waals surface area contributed by atoms with Crippen LogP contribution in [0.15, 0.2) is 91.0 Å². The van der Waals surface area contributed by atoms with Crippen LogP contribution in [0.4, 0.5) is 0 Å². The Labute approximate surface area is 298 Å². The third kappa shape index (κ3) is 9.42. The Morgan fingerprint density at radius 3 is 1.78 bits per heavy atom. The monoisotopic (exact) mass is 680 g/mol. The van der Waals surface area contributed by atoms with E-state index in [-0.39, 0.29) is 18.1 Å². The predicted molar refractivity (Wildman–Crippen MR) is 195 cm³/mol. The Bertz CT molecular complexity index is 1420. The van der Waals surface area contributed by atoms with Crippen LogP contribution in [0.2, 0.25) is 0 Å². The van der Waals surface area contributed by atoms with Crippen molar-refractivity contribution in [2.45, 2.75) is 102 Å². The summed E-state index contributed by atoms with van der Waals surface area (Å²) in [4.78, 5) is 13.8. The second kappa shape index (κ2) is 17.4. The van der Waals surface area contributed by atoms with Crippen molar-refractivity contribution < 1.29 is 23.7 Å². The minimum atomic E-state index is -0.562. The summed E-state index contributed by atoms with van der Waals surface area (Å²) >= 11 is 0. The van der Waals surface area contributed by atoms with Crippen LogP contribution in [0.3, 0.4) is 0 Å². The van der Waals surface area contributed by atoms with Gasteiger partial charge in [-0.25, -0.2) is 0 Å². The first kappa shape index (κ1) is 35.3. The van der Waals surface area contributed by atoms with E-state index in [4.69, 9.17) is 18.9 Å². The van der Waals surface area contributed by atoms with Crippen molar-refractivity contribution in [3.05, 3.63) is 108 Å². The lowest BCUT2D eigenvalue weighted by Crippen LogP contribution is -2.48. The van der Waals surface area contributed by atoms with Gasteiger partial charge in [-0.2, -0.15) is 0 Å². The number of rotatable bonds is 19. The van der Waals surface area contributed by atoms with Gasteiger partial charge in [-0.3, -0.25) is 10.1 Å². The molecule has 7 nitrogen and oxygen atoms in total. The maximum absolute atomic E-state index is 13.8. The lowest BCUT2D eigenvalue weighted by Gasteiger charge is -2.56. The maximum Gasteiger partial charge on any atom is 0.239 e. The number of hydrogen-bond donors (Lipinski definition) is 2. The van der Waals surface area contributed by atoms with Crippen LogP contribution in [0.5, 0.6) is 0 Å². The SMILES string of the molecule is O=C(NCCCCCOCC12CC3CC(CC(C3)C1)C2)[C@H]1N[C@@H](COCc2ccccc2)[C@H](OCc2ccccc2)[C@H]1OCc1ccccc1. The molecule has 0 aromatic heterocycles. The van der Waals surface area contributed by atoms with Gasteiger partial charge in [0, 0.05) is 13.2 Å². The Hall–Kier alpha value is -3.07. The standard InChI is InChI=1S/C43H56N2O5/c46-42(44-19-11-4-12-20-47-31-43-24-35-21-36(25-43)23-37(22-35)26-43)39-41(50-29-34-17-9-3-10-18-34)40(49-28-33-15-7-2-8-16-33)38(45-39)30-48-27-32-13-5-1-6-14-32/h1-3,5-10,13-18,35-41,45H,4,11-12,19-31H2,(H,44,46)/t35?,36?,37?,38-,39-,40-,41-,43?/m0/s1. The molecule has 4 atom stereocenters. The maximum atomic E-state index is 13.8. The number of carbonyl (C=O) groups excluding carboxylic acids is 1. The summed E-state index contributed by atoms with van der Waals surface area (Å²) in [6, 6.07) is 29.6. The fourth-order valence-corrected chi connectivity index (χ4v) is 9.60. The van der Waals surface area contributed by atoms with Crippen LogP contribution in [-0.2, 0) is 43.6 Å². The van der Waals surface area contributed by atoms with Gasteiger partial charge in [0.2, 0.25) is 5.91 Å². The molecule has 0 unspecified atom stereocenters. The summed E-state index contributed by atoms with van der Waals surface area (Å²) in [6.07, 6.45) is 10.7. The molecule has 7 heteroatoms. The molecule has 4 aliphatic carbocycles. The molecule has 5 fully saturated rings. The highest BCUT2D eigenvalue weighted by Crippen LogP contribution is 2.60. The van der Waals surface area contributed by atoms with Crippen LogP contribution in [0.1, 0.15) is 74.5 Å². The molecule has 3 aromatic rings. The van der Waals surface area contributed by atoms with Gasteiger partial charge < -0.3 is 24.3 Å². The summed E-state index contributed by atoms with van der Waals surface area (Å²) in [7, 11) is 0. The van der Waals surface area contributed by atoms with E-state index in [2.05, 4.69) is 34.9 Å². The van der Waals surface area contributed by atoms with E-state index in [9.17, 15) is 4.79 Å². The second-order valence-corrected chi connectivity index (χ2v) is 15.6. The average molecular weight is 681 g/mol. The topological polar surface area (TPSA) is 78.1 Å². The quantitative estimate of drug-likeness (QED) is 0.130. The first-order chi connectivity index (χ1) is 24.6. The van der Waals surface area contributed by atoms with E-state index >= 15 is 0 Å². The second-order valence-electron chi connectivity index (χ2n) is 15.6. The molecule has 2 N–H and O–H groups in total. The van der Waals surface area contributed by atoms with Gasteiger partial charge in [-0.15, -0.1) is 0 Å². The molecule has 0 radical (unpaired) electrons. The highest BCUT2D eigenvalue weighted by atomic mass is 16.5. The Kier molecular flexibility index (Phi) is 12.3. The number of nitrogens with one attached hydrogen (secondary N) is 2. The van der Waals surface area contributed by atoms with Crippen molar-refractivity contribution in [2.24, 2.45) is 23.2 Å². The zero-order chi connectivity index (χ0) is 34.0. The van der Waals surface area contributed by atoms with Crippen LogP contribution >= 0.6 is 0 Å². The lowest BCUT2D eigenvalue weighted by atomic mass is 9.50. The molecule has 50 heavy (non-hydrogen) atoms. The molecule has 4 saturated carbocycles. The van der Waals surface area contributed by atoms with Crippen molar-refractivity contribution in [3.8, 4) is 0 Å². The highest BCUT2D eigenvalue weighted by Gasteiger charge is 2.51. The van der Waals surface area contributed by atoms with E-state index in [1.54, 1.807) is 0 Å². The van der Waals surface area contributed by atoms with Gasteiger partial charge in [0.05, 0.1) is 39.1 Å². The fourth-order valence-electron chi connectivity index (χ4n) is 9.60. The first-order valence-electron chi connectivity index (χ1n) is 19.2. The molecule has 1 saturated heterocycles. The smallest absolute Gasteiger partial charge is 0.239 e. The zero-order valence-electron chi connectivity index (χ0n) is 29.6. The largest absolute Gasteiger partial charge is 0.381 e. The molecule has 268 valence electrons. The number of amides is 1. The minimum Gasteiger partial charge on any atom is -0.381 e. The molecule has 1 heterocycles. The molecular formula is C43H56N2O5. The van der Waals surface area contributed by atoms with E-state index in [1.807, 2.05) is 66.7 Å². The molecular weight excluding hydrogens is 624 g/mol. The number of carbonyl (C=O) groups is 1. The van der Waals surface area contributed by atoms with Crippen molar-refractivity contribution in [2.75, 3.05) is 26.4 Å². The van der Waals surface area contributed by atoms with E-state index in [0.717, 1.165) is 66.9 Å². The van der Waals surface area contributed by atoms with Crippen LogP contribution in [0.25, 0.3) is 0 Å². The summed E-state index contributed by atoms with van der Waals surface area (Å²) in [5, 5.41) is 6.78. The van der Waals surface area contributed by atoms with Crippen LogP contribution in [-0.4, -0.2) is 56.6 Å². The molecule has 0 spiro atoms. The Balaban J connectivity index is 0.915. The summed E-state index contributed by atoms with van der Waals surface area (Å²) < 4.78 is 25.6. The normalized spacial score (nSPS) is 29.7. The third-order valence-corrected chi connectivity index (χ3v) is 11.5. The van der Waals surface area contributed by atoms with Crippen LogP contribution < -0.4 is 10.6 Å². The number of unbranched alkanes of at least 4 members (excludes halogenated alkanes) is 2. The van der Waals surface area contributed by atoms with E-state index in [1.165, 1.54) is 38.5 Å². The molecule has 4 bridgehead atoms. The average Bonchev–Trinajstić information content (AvgIpc) is 3.48. The van der Waals surface area contributed by atoms with Gasteiger partial charge >= 0.3 is 0 Å². The third-order valence-electron chi connectivity index (χ3n) is 11.5. The first-order valence-corrected chi connectivity index (χ1v) is 19.2. The van der Waals surface area contributed by atoms with E-state index < -0.39 is 12.1 Å². The van der Waals surface area contributed by atoms with Gasteiger partial charge in [0.25, 0.3) is 0 Å². The van der Waals surface area contributed by atoms with Crippen molar-refractivity contribution in [3.63, 3.8) is 0 Å². The Morgan fingerprint density at radius 1 is 0.660 bits per heavy atom. The zero-order valence-corrected chi connectivity index (χ0v) is 29.6. The molecule has 3 aromatic carbocycles. The number of ether oxygens (including phenoxy) is 4. The molecule has 5 aliphatic rings. The highest BCUT2D eigenvalue weighted by molar-refractivity contribution is 5.83. The van der Waals surface area contributed by atoms with Crippen molar-refractivity contribution >= 4 is 5.91 Å². The fraction of sp³-hybridized carbons (Fsp3) is 0.558. The number of benzene rings is 3. The minimum absolute atomic E-state index is 0.0556. The summed E-state index contributed by atoms with van der Waals surface area (Å²) in [5.74, 6) is 2.84. The van der Waals surface area contributed by atoms with Crippen molar-refractivity contribution in [1.29, 1.82) is 0 Å². The van der Waals surface area contributed by atoms with Gasteiger partial charge in [-0.1, -0.05) is 91.0 Å². The summed E-state index contributed by atoms with van der Waals surface area (Å²) in [5.41, 5.74) is 3.72.